The van der Waals surface area contributed by atoms with Gasteiger partial charge in [0, 0.05) is 11.8 Å². The van der Waals surface area contributed by atoms with Crippen LogP contribution in [0, 0.1) is 18.6 Å². The number of primary amides is 1. The van der Waals surface area contributed by atoms with Crippen LogP contribution in [-0.4, -0.2) is 32.3 Å². The van der Waals surface area contributed by atoms with E-state index >= 15 is 0 Å². The molecule has 0 saturated carbocycles. The molecule has 0 radical (unpaired) electrons. The van der Waals surface area contributed by atoms with E-state index in [2.05, 4.69) is 15.5 Å². The fourth-order valence-corrected chi connectivity index (χ4v) is 3.08. The number of nitrogens with one attached hydrogen (secondary N) is 1. The lowest BCUT2D eigenvalue weighted by atomic mass is 10.1. The molecule has 0 saturated heterocycles. The maximum atomic E-state index is 13.8. The molecule has 7 nitrogen and oxygen atoms in total. The lowest BCUT2D eigenvalue weighted by molar-refractivity contribution is -0.113. The summed E-state index contributed by atoms with van der Waals surface area (Å²) in [5.41, 5.74) is 6.12. The SMILES string of the molecule is Cc1ccc(-n2cnnc2SCC(=O)Nc2cc(C(N)=O)c(F)cc2F)cc1. The fraction of sp³-hybridized carbons (Fsp3) is 0.111. The van der Waals surface area contributed by atoms with Gasteiger partial charge in [0.2, 0.25) is 5.91 Å². The van der Waals surface area contributed by atoms with Gasteiger partial charge in [0.25, 0.3) is 5.91 Å². The highest BCUT2D eigenvalue weighted by atomic mass is 32.2. The third kappa shape index (κ3) is 4.34. The summed E-state index contributed by atoms with van der Waals surface area (Å²) in [5, 5.41) is 10.6. The van der Waals surface area contributed by atoms with Crippen molar-refractivity contribution in [2.45, 2.75) is 12.1 Å². The first-order valence-corrected chi connectivity index (χ1v) is 9.02. The second-order valence-corrected chi connectivity index (χ2v) is 6.77. The van der Waals surface area contributed by atoms with E-state index in [1.165, 1.54) is 6.33 Å². The summed E-state index contributed by atoms with van der Waals surface area (Å²) in [6.07, 6.45) is 1.52. The van der Waals surface area contributed by atoms with Crippen molar-refractivity contribution in [3.8, 4) is 5.69 Å². The Kier molecular flexibility index (Phi) is 5.69. The zero-order valence-electron chi connectivity index (χ0n) is 14.6. The van der Waals surface area contributed by atoms with E-state index in [4.69, 9.17) is 5.73 Å². The summed E-state index contributed by atoms with van der Waals surface area (Å²) in [4.78, 5) is 23.3. The summed E-state index contributed by atoms with van der Waals surface area (Å²) < 4.78 is 29.1. The van der Waals surface area contributed by atoms with Crippen LogP contribution in [-0.2, 0) is 4.79 Å². The van der Waals surface area contributed by atoms with Gasteiger partial charge >= 0.3 is 0 Å². The highest BCUT2D eigenvalue weighted by Gasteiger charge is 2.16. The van der Waals surface area contributed by atoms with E-state index in [0.717, 1.165) is 29.1 Å². The highest BCUT2D eigenvalue weighted by Crippen LogP contribution is 2.22. The van der Waals surface area contributed by atoms with E-state index < -0.39 is 29.0 Å². The van der Waals surface area contributed by atoms with Crippen molar-refractivity contribution in [3.05, 3.63) is 65.5 Å². The number of thioether (sulfide) groups is 1. The summed E-state index contributed by atoms with van der Waals surface area (Å²) >= 11 is 1.09. The van der Waals surface area contributed by atoms with Crippen LogP contribution in [0.2, 0.25) is 0 Å². The molecule has 0 aliphatic heterocycles. The predicted molar refractivity (Wildman–Crippen MR) is 100 cm³/mol. The molecule has 3 rings (SSSR count). The van der Waals surface area contributed by atoms with Gasteiger partial charge in [-0.2, -0.15) is 0 Å². The van der Waals surface area contributed by atoms with Crippen molar-refractivity contribution in [2.75, 3.05) is 11.1 Å². The Hall–Kier alpha value is -3.27. The number of aryl methyl sites for hydroxylation is 1. The minimum atomic E-state index is -1.09. The number of aromatic nitrogens is 3. The minimum absolute atomic E-state index is 0.104. The van der Waals surface area contributed by atoms with Gasteiger partial charge in [0.1, 0.15) is 18.0 Å². The third-order valence-electron chi connectivity index (χ3n) is 3.76. The van der Waals surface area contributed by atoms with Gasteiger partial charge in [-0.15, -0.1) is 10.2 Å². The van der Waals surface area contributed by atoms with Gasteiger partial charge in [-0.3, -0.25) is 14.2 Å². The van der Waals surface area contributed by atoms with Crippen LogP contribution in [0.15, 0.2) is 47.9 Å². The molecule has 1 aromatic heterocycles. The average Bonchev–Trinajstić information content (AvgIpc) is 3.11. The summed E-state index contributed by atoms with van der Waals surface area (Å²) in [5.74, 6) is -3.84. The van der Waals surface area contributed by atoms with Crippen molar-refractivity contribution < 1.29 is 18.4 Å². The molecule has 10 heteroatoms. The van der Waals surface area contributed by atoms with Crippen LogP contribution in [0.4, 0.5) is 14.5 Å². The van der Waals surface area contributed by atoms with Gasteiger partial charge < -0.3 is 11.1 Å². The number of rotatable bonds is 6. The minimum Gasteiger partial charge on any atom is -0.366 e. The molecule has 0 atom stereocenters. The van der Waals surface area contributed by atoms with Gasteiger partial charge in [0.15, 0.2) is 5.16 Å². The quantitative estimate of drug-likeness (QED) is 0.616. The van der Waals surface area contributed by atoms with Crippen LogP contribution in [0.25, 0.3) is 5.69 Å². The number of anilines is 1. The normalized spacial score (nSPS) is 10.7. The second kappa shape index (κ2) is 8.17. The molecular formula is C18H15F2N5O2S. The molecule has 0 unspecified atom stereocenters. The molecule has 0 fully saturated rings. The lowest BCUT2D eigenvalue weighted by Crippen LogP contribution is -2.18. The van der Waals surface area contributed by atoms with Crippen LogP contribution < -0.4 is 11.1 Å². The summed E-state index contributed by atoms with van der Waals surface area (Å²) in [6.45, 7) is 1.97. The zero-order chi connectivity index (χ0) is 20.3. The Morgan fingerprint density at radius 3 is 2.57 bits per heavy atom. The number of nitrogens with two attached hydrogens (primary N) is 1. The number of halogens is 2. The second-order valence-electron chi connectivity index (χ2n) is 5.83. The molecule has 144 valence electrons. The van der Waals surface area contributed by atoms with Gasteiger partial charge in [0.05, 0.1) is 17.0 Å². The van der Waals surface area contributed by atoms with Gasteiger partial charge in [-0.1, -0.05) is 29.5 Å². The Morgan fingerprint density at radius 1 is 1.18 bits per heavy atom. The smallest absolute Gasteiger partial charge is 0.251 e. The first kappa shape index (κ1) is 19.5. The van der Waals surface area contributed by atoms with Crippen LogP contribution in [0.5, 0.6) is 0 Å². The number of amides is 2. The molecule has 0 aliphatic carbocycles. The van der Waals surface area contributed by atoms with Gasteiger partial charge in [-0.05, 0) is 25.1 Å². The lowest BCUT2D eigenvalue weighted by Gasteiger charge is -2.09. The number of carbonyl (C=O) groups excluding carboxylic acids is 2. The Labute approximate surface area is 162 Å². The number of hydrogen-bond donors (Lipinski definition) is 2. The van der Waals surface area contributed by atoms with Crippen molar-refractivity contribution in [1.82, 2.24) is 14.8 Å². The zero-order valence-corrected chi connectivity index (χ0v) is 15.5. The van der Waals surface area contributed by atoms with Crippen molar-refractivity contribution in [3.63, 3.8) is 0 Å². The van der Waals surface area contributed by atoms with Crippen molar-refractivity contribution >= 4 is 29.3 Å². The topological polar surface area (TPSA) is 103 Å². The molecule has 0 spiro atoms. The maximum Gasteiger partial charge on any atom is 0.251 e. The monoisotopic (exact) mass is 403 g/mol. The number of carbonyl (C=O) groups is 2. The average molecular weight is 403 g/mol. The van der Waals surface area contributed by atoms with E-state index in [0.29, 0.717) is 11.2 Å². The van der Waals surface area contributed by atoms with Crippen LogP contribution >= 0.6 is 11.8 Å². The number of hydrogen-bond acceptors (Lipinski definition) is 5. The largest absolute Gasteiger partial charge is 0.366 e. The Morgan fingerprint density at radius 2 is 1.89 bits per heavy atom. The molecule has 2 aromatic carbocycles. The van der Waals surface area contributed by atoms with E-state index in [1.54, 1.807) is 4.57 Å². The molecule has 0 aliphatic rings. The van der Waals surface area contributed by atoms with E-state index in [1.807, 2.05) is 31.2 Å². The van der Waals surface area contributed by atoms with Crippen molar-refractivity contribution in [1.29, 1.82) is 0 Å². The molecule has 1 heterocycles. The molecule has 3 N–H and O–H groups in total. The van der Waals surface area contributed by atoms with Crippen LogP contribution in [0.3, 0.4) is 0 Å². The van der Waals surface area contributed by atoms with E-state index in [-0.39, 0.29) is 11.4 Å². The maximum absolute atomic E-state index is 13.8. The third-order valence-corrected chi connectivity index (χ3v) is 4.70. The fourth-order valence-electron chi connectivity index (χ4n) is 2.36. The van der Waals surface area contributed by atoms with E-state index in [9.17, 15) is 18.4 Å². The molecule has 2 amide bonds. The molecule has 3 aromatic rings. The van der Waals surface area contributed by atoms with Crippen LogP contribution in [0.1, 0.15) is 15.9 Å². The Bertz CT molecular complexity index is 1040. The first-order chi connectivity index (χ1) is 13.3. The standard InChI is InChI=1S/C18H15F2N5O2S/c1-10-2-4-11(5-3-10)25-9-22-24-18(25)28-8-16(26)23-15-6-12(17(21)27)13(19)7-14(15)20/h2-7,9H,8H2,1H3,(H2,21,27)(H,23,26). The molecule has 0 bridgehead atoms. The Balaban J connectivity index is 1.69. The number of benzene rings is 2. The van der Waals surface area contributed by atoms with Crippen molar-refractivity contribution in [2.24, 2.45) is 5.73 Å². The first-order valence-electron chi connectivity index (χ1n) is 8.03. The number of nitrogens with zero attached hydrogens (tertiary/aromatic N) is 3. The predicted octanol–water partition coefficient (Wildman–Crippen LogP) is 2.68. The highest BCUT2D eigenvalue weighted by molar-refractivity contribution is 7.99. The molecule has 28 heavy (non-hydrogen) atoms. The summed E-state index contributed by atoms with van der Waals surface area (Å²) in [7, 11) is 0. The summed E-state index contributed by atoms with van der Waals surface area (Å²) in [6, 6.07) is 9.01. The molecular weight excluding hydrogens is 388 g/mol. The van der Waals surface area contributed by atoms with Gasteiger partial charge in [-0.25, -0.2) is 8.78 Å².